The standard InChI is InChI=1S/C7H7F9/c1-2-3(8)4(9)5(10,11)6(12,13)7(14,15)16/h3-4H,2H2,1H3/t3?,4-/m0/s1. The molecule has 0 amide bonds. The average Bonchev–Trinajstić information content (AvgIpc) is 2.13. The third kappa shape index (κ3) is 2.37. The van der Waals surface area contributed by atoms with Crippen molar-refractivity contribution < 1.29 is 39.5 Å². The van der Waals surface area contributed by atoms with Gasteiger partial charge in [0, 0.05) is 0 Å². The lowest BCUT2D eigenvalue weighted by Crippen LogP contribution is -2.58. The van der Waals surface area contributed by atoms with Gasteiger partial charge in [-0.1, -0.05) is 6.92 Å². The summed E-state index contributed by atoms with van der Waals surface area (Å²) in [5, 5.41) is 0. The van der Waals surface area contributed by atoms with Gasteiger partial charge in [0.15, 0.2) is 0 Å². The molecule has 0 N–H and O–H groups in total. The lowest BCUT2D eigenvalue weighted by molar-refractivity contribution is -0.368. The Bertz CT molecular complexity index is 231. The monoisotopic (exact) mass is 262 g/mol. The van der Waals surface area contributed by atoms with Crippen LogP contribution in [0.15, 0.2) is 0 Å². The first-order valence-electron chi connectivity index (χ1n) is 4.00. The van der Waals surface area contributed by atoms with E-state index in [9.17, 15) is 39.5 Å². The van der Waals surface area contributed by atoms with E-state index in [4.69, 9.17) is 0 Å². The van der Waals surface area contributed by atoms with Crippen LogP contribution in [0.2, 0.25) is 0 Å². The Morgan fingerprint density at radius 3 is 1.50 bits per heavy atom. The van der Waals surface area contributed by atoms with Crippen molar-refractivity contribution in [2.24, 2.45) is 0 Å². The number of rotatable bonds is 4. The van der Waals surface area contributed by atoms with Crippen LogP contribution >= 0.6 is 0 Å². The first-order chi connectivity index (χ1) is 6.89. The van der Waals surface area contributed by atoms with Gasteiger partial charge in [-0.3, -0.25) is 0 Å². The third-order valence-corrected chi connectivity index (χ3v) is 1.83. The minimum absolute atomic E-state index is 0.832. The van der Waals surface area contributed by atoms with Crippen LogP contribution in [-0.2, 0) is 0 Å². The van der Waals surface area contributed by atoms with Crippen LogP contribution in [-0.4, -0.2) is 30.4 Å². The lowest BCUT2D eigenvalue weighted by atomic mass is 10.0. The summed E-state index contributed by atoms with van der Waals surface area (Å²) >= 11 is 0. The summed E-state index contributed by atoms with van der Waals surface area (Å²) in [6, 6.07) is 0. The largest absolute Gasteiger partial charge is 0.459 e. The molecule has 16 heavy (non-hydrogen) atoms. The summed E-state index contributed by atoms with van der Waals surface area (Å²) in [6.07, 6.45) is -14.9. The van der Waals surface area contributed by atoms with Crippen molar-refractivity contribution in [3.8, 4) is 0 Å². The van der Waals surface area contributed by atoms with Gasteiger partial charge < -0.3 is 0 Å². The lowest BCUT2D eigenvalue weighted by Gasteiger charge is -2.31. The molecule has 0 spiro atoms. The van der Waals surface area contributed by atoms with Crippen molar-refractivity contribution in [3.05, 3.63) is 0 Å². The van der Waals surface area contributed by atoms with Crippen molar-refractivity contribution in [2.75, 3.05) is 0 Å². The van der Waals surface area contributed by atoms with Crippen molar-refractivity contribution in [1.82, 2.24) is 0 Å². The van der Waals surface area contributed by atoms with E-state index in [0.29, 0.717) is 0 Å². The van der Waals surface area contributed by atoms with Crippen molar-refractivity contribution in [2.45, 2.75) is 43.7 Å². The van der Waals surface area contributed by atoms with Gasteiger partial charge in [0.25, 0.3) is 0 Å². The topological polar surface area (TPSA) is 0 Å². The minimum Gasteiger partial charge on any atom is -0.244 e. The molecular weight excluding hydrogens is 255 g/mol. The molecule has 0 aromatic heterocycles. The summed E-state index contributed by atoms with van der Waals surface area (Å²) in [4.78, 5) is 0. The van der Waals surface area contributed by atoms with E-state index in [1.54, 1.807) is 0 Å². The molecule has 0 aromatic carbocycles. The molecule has 0 aliphatic heterocycles. The first-order valence-corrected chi connectivity index (χ1v) is 4.00. The summed E-state index contributed by atoms with van der Waals surface area (Å²) < 4.78 is 109. The predicted octanol–water partition coefficient (Wildman–Crippen LogP) is 3.91. The Labute approximate surface area is 84.4 Å². The van der Waals surface area contributed by atoms with E-state index in [0.717, 1.165) is 6.92 Å². The maximum atomic E-state index is 12.5. The maximum absolute atomic E-state index is 12.5. The van der Waals surface area contributed by atoms with Crippen LogP contribution < -0.4 is 0 Å². The minimum atomic E-state index is -6.64. The molecule has 0 aliphatic carbocycles. The smallest absolute Gasteiger partial charge is 0.244 e. The molecule has 0 aromatic rings. The number of halogens is 9. The normalized spacial score (nSPS) is 18.4. The van der Waals surface area contributed by atoms with Gasteiger partial charge >= 0.3 is 18.0 Å². The van der Waals surface area contributed by atoms with Gasteiger partial charge in [0.1, 0.15) is 6.17 Å². The van der Waals surface area contributed by atoms with E-state index in [2.05, 4.69) is 0 Å². The zero-order chi connectivity index (χ0) is 13.4. The van der Waals surface area contributed by atoms with E-state index in [1.165, 1.54) is 0 Å². The molecule has 0 bridgehead atoms. The van der Waals surface area contributed by atoms with Crippen LogP contribution in [0, 0.1) is 0 Å². The fourth-order valence-electron chi connectivity index (χ4n) is 0.796. The average molecular weight is 262 g/mol. The summed E-state index contributed by atoms with van der Waals surface area (Å²) in [5.74, 6) is -12.8. The summed E-state index contributed by atoms with van der Waals surface area (Å²) in [6.45, 7) is 0.832. The van der Waals surface area contributed by atoms with E-state index >= 15 is 0 Å². The second kappa shape index (κ2) is 4.33. The van der Waals surface area contributed by atoms with Crippen molar-refractivity contribution in [3.63, 3.8) is 0 Å². The van der Waals surface area contributed by atoms with Gasteiger partial charge in [-0.15, -0.1) is 0 Å². The van der Waals surface area contributed by atoms with Crippen LogP contribution in [0.25, 0.3) is 0 Å². The second-order valence-electron chi connectivity index (χ2n) is 3.02. The highest BCUT2D eigenvalue weighted by atomic mass is 19.4. The molecule has 2 atom stereocenters. The maximum Gasteiger partial charge on any atom is 0.459 e. The van der Waals surface area contributed by atoms with Crippen LogP contribution in [0.4, 0.5) is 39.5 Å². The van der Waals surface area contributed by atoms with Gasteiger partial charge in [0.05, 0.1) is 0 Å². The molecule has 9 heteroatoms. The fourth-order valence-corrected chi connectivity index (χ4v) is 0.796. The number of alkyl halides is 9. The number of hydrogen-bond acceptors (Lipinski definition) is 0. The van der Waals surface area contributed by atoms with Crippen LogP contribution in [0.1, 0.15) is 13.3 Å². The molecule has 1 unspecified atom stereocenters. The molecule has 0 fully saturated rings. The van der Waals surface area contributed by atoms with Crippen molar-refractivity contribution in [1.29, 1.82) is 0 Å². The molecule has 0 heterocycles. The second-order valence-corrected chi connectivity index (χ2v) is 3.02. The zero-order valence-electron chi connectivity index (χ0n) is 7.76. The zero-order valence-corrected chi connectivity index (χ0v) is 7.76. The van der Waals surface area contributed by atoms with Crippen LogP contribution in [0.3, 0.4) is 0 Å². The molecule has 0 saturated heterocycles. The summed E-state index contributed by atoms with van der Waals surface area (Å²) in [5.41, 5.74) is 0. The molecule has 0 nitrogen and oxygen atoms in total. The predicted molar refractivity (Wildman–Crippen MR) is 36.0 cm³/mol. The number of hydrogen-bond donors (Lipinski definition) is 0. The fraction of sp³-hybridized carbons (Fsp3) is 1.00. The molecule has 0 radical (unpaired) electrons. The Kier molecular flexibility index (Phi) is 4.15. The molecule has 0 saturated carbocycles. The van der Waals surface area contributed by atoms with Gasteiger partial charge in [-0.2, -0.15) is 30.7 Å². The first kappa shape index (κ1) is 15.4. The molecule has 0 aliphatic rings. The third-order valence-electron chi connectivity index (χ3n) is 1.83. The van der Waals surface area contributed by atoms with Gasteiger partial charge in [-0.25, -0.2) is 8.78 Å². The summed E-state index contributed by atoms with van der Waals surface area (Å²) in [7, 11) is 0. The molecule has 98 valence electrons. The Morgan fingerprint density at radius 2 is 1.25 bits per heavy atom. The van der Waals surface area contributed by atoms with E-state index in [1.807, 2.05) is 0 Å². The Hall–Kier alpha value is -0.630. The van der Waals surface area contributed by atoms with Crippen LogP contribution in [0.5, 0.6) is 0 Å². The van der Waals surface area contributed by atoms with Gasteiger partial charge in [0.2, 0.25) is 6.17 Å². The van der Waals surface area contributed by atoms with Crippen molar-refractivity contribution >= 4 is 0 Å². The highest BCUT2D eigenvalue weighted by Gasteiger charge is 2.76. The SMILES string of the molecule is CCC(F)[C@H](F)C(F)(F)C(F)(F)C(F)(F)F. The van der Waals surface area contributed by atoms with Gasteiger partial charge in [-0.05, 0) is 6.42 Å². The Balaban J connectivity index is 5.19. The van der Waals surface area contributed by atoms with E-state index < -0.39 is 36.8 Å². The molecule has 0 rings (SSSR count). The molecular formula is C7H7F9. The highest BCUT2D eigenvalue weighted by Crippen LogP contribution is 2.49. The van der Waals surface area contributed by atoms with E-state index in [-0.39, 0.29) is 0 Å². The highest BCUT2D eigenvalue weighted by molar-refractivity contribution is 4.98. The Morgan fingerprint density at radius 1 is 0.875 bits per heavy atom. The quantitative estimate of drug-likeness (QED) is 0.674.